The molecular formula is C18H19ClN2O3S. The first-order valence-electron chi connectivity index (χ1n) is 8.14. The van der Waals surface area contributed by atoms with E-state index in [2.05, 4.69) is 4.72 Å². The predicted molar refractivity (Wildman–Crippen MR) is 98.5 cm³/mol. The molecule has 1 saturated heterocycles. The minimum absolute atomic E-state index is 0.109. The van der Waals surface area contributed by atoms with Crippen LogP contribution in [-0.4, -0.2) is 32.3 Å². The molecule has 1 fully saturated rings. The highest BCUT2D eigenvalue weighted by Crippen LogP contribution is 2.25. The third-order valence-electron chi connectivity index (χ3n) is 4.15. The van der Waals surface area contributed by atoms with Gasteiger partial charge in [-0.05, 0) is 49.6 Å². The number of nitrogens with one attached hydrogen (secondary N) is 1. The normalized spacial score (nSPS) is 15.0. The van der Waals surface area contributed by atoms with Gasteiger partial charge in [-0.15, -0.1) is 0 Å². The van der Waals surface area contributed by atoms with Gasteiger partial charge in [-0.3, -0.25) is 9.52 Å². The highest BCUT2D eigenvalue weighted by Gasteiger charge is 2.21. The van der Waals surface area contributed by atoms with E-state index in [0.717, 1.165) is 32.4 Å². The molecular weight excluding hydrogens is 360 g/mol. The Morgan fingerprint density at radius 3 is 2.32 bits per heavy atom. The summed E-state index contributed by atoms with van der Waals surface area (Å²) in [6.07, 6.45) is 3.13. The fourth-order valence-electron chi connectivity index (χ4n) is 2.83. The Morgan fingerprint density at radius 1 is 1.00 bits per heavy atom. The molecule has 0 saturated carbocycles. The highest BCUT2D eigenvalue weighted by atomic mass is 35.5. The van der Waals surface area contributed by atoms with Crippen molar-refractivity contribution in [2.75, 3.05) is 17.8 Å². The van der Waals surface area contributed by atoms with Crippen LogP contribution < -0.4 is 4.72 Å². The van der Waals surface area contributed by atoms with Crippen LogP contribution >= 0.6 is 11.6 Å². The molecule has 7 heteroatoms. The summed E-state index contributed by atoms with van der Waals surface area (Å²) in [5, 5.41) is 0.240. The zero-order valence-corrected chi connectivity index (χ0v) is 15.2. The predicted octanol–water partition coefficient (Wildman–Crippen LogP) is 3.77. The maximum absolute atomic E-state index is 12.5. The number of sulfonamides is 1. The molecule has 2 aromatic rings. The first-order valence-corrected chi connectivity index (χ1v) is 10.0. The van der Waals surface area contributed by atoms with Crippen LogP contribution in [0.25, 0.3) is 0 Å². The zero-order valence-electron chi connectivity index (χ0n) is 13.6. The molecule has 0 aliphatic carbocycles. The molecule has 3 rings (SSSR count). The van der Waals surface area contributed by atoms with Crippen molar-refractivity contribution in [2.45, 2.75) is 24.2 Å². The summed E-state index contributed by atoms with van der Waals surface area (Å²) in [7, 11) is -3.69. The first kappa shape index (κ1) is 17.8. The lowest BCUT2D eigenvalue weighted by atomic mass is 10.1. The first-order chi connectivity index (χ1) is 12.0. The van der Waals surface area contributed by atoms with E-state index in [0.29, 0.717) is 11.3 Å². The quantitative estimate of drug-likeness (QED) is 0.880. The second-order valence-corrected chi connectivity index (χ2v) is 8.06. The largest absolute Gasteiger partial charge is 0.339 e. The molecule has 0 radical (unpaired) electrons. The van der Waals surface area contributed by atoms with Gasteiger partial charge in [-0.25, -0.2) is 8.42 Å². The molecule has 0 spiro atoms. The maximum Gasteiger partial charge on any atom is 0.261 e. The molecule has 1 aliphatic rings. The van der Waals surface area contributed by atoms with Crippen molar-refractivity contribution in [1.29, 1.82) is 0 Å². The smallest absolute Gasteiger partial charge is 0.261 e. The fraction of sp³-hybridized carbons (Fsp3) is 0.278. The van der Waals surface area contributed by atoms with Gasteiger partial charge < -0.3 is 4.90 Å². The molecule has 2 aromatic carbocycles. The average molecular weight is 379 g/mol. The van der Waals surface area contributed by atoms with Gasteiger partial charge in [0.25, 0.3) is 15.9 Å². The van der Waals surface area contributed by atoms with Crippen molar-refractivity contribution in [3.05, 3.63) is 59.1 Å². The van der Waals surface area contributed by atoms with Crippen LogP contribution in [0.15, 0.2) is 53.4 Å². The number of benzene rings is 2. The van der Waals surface area contributed by atoms with Crippen LogP contribution in [0.3, 0.4) is 0 Å². The van der Waals surface area contributed by atoms with Gasteiger partial charge in [0.2, 0.25) is 0 Å². The molecule has 1 aliphatic heterocycles. The summed E-state index contributed by atoms with van der Waals surface area (Å²) in [5.74, 6) is -0.109. The number of halogens is 1. The number of amides is 1. The number of carbonyl (C=O) groups excluding carboxylic acids is 1. The molecule has 1 heterocycles. The molecule has 0 aromatic heterocycles. The van der Waals surface area contributed by atoms with E-state index in [1.165, 1.54) is 18.2 Å². The molecule has 132 valence electrons. The number of rotatable bonds is 4. The van der Waals surface area contributed by atoms with Crippen molar-refractivity contribution in [3.8, 4) is 0 Å². The van der Waals surface area contributed by atoms with Crippen LogP contribution in [0.4, 0.5) is 5.69 Å². The molecule has 0 atom stereocenters. The standard InChI is InChI=1S/C18H19ClN2O3S/c19-17-13-14(20-25(23,24)15-7-3-1-4-8-15)9-10-16(17)18(22)21-11-5-2-6-12-21/h1,3-4,7-10,13,20H,2,5-6,11-12H2. The van der Waals surface area contributed by atoms with E-state index in [1.54, 1.807) is 35.2 Å². The third kappa shape index (κ3) is 4.14. The van der Waals surface area contributed by atoms with E-state index in [-0.39, 0.29) is 15.8 Å². The SMILES string of the molecule is O=C(c1ccc(NS(=O)(=O)c2ccccc2)cc1Cl)N1CCCCC1. The van der Waals surface area contributed by atoms with Gasteiger partial charge in [-0.2, -0.15) is 0 Å². The lowest BCUT2D eigenvalue weighted by Gasteiger charge is -2.27. The second-order valence-electron chi connectivity index (χ2n) is 5.97. The number of likely N-dealkylation sites (tertiary alicyclic amines) is 1. The Balaban J connectivity index is 1.79. The number of nitrogens with zero attached hydrogens (tertiary/aromatic N) is 1. The van der Waals surface area contributed by atoms with Crippen LogP contribution in [0.1, 0.15) is 29.6 Å². The Morgan fingerprint density at radius 2 is 1.68 bits per heavy atom. The van der Waals surface area contributed by atoms with Gasteiger partial charge in [0.05, 0.1) is 21.2 Å². The average Bonchev–Trinajstić information content (AvgIpc) is 2.62. The molecule has 0 unspecified atom stereocenters. The summed E-state index contributed by atoms with van der Waals surface area (Å²) in [4.78, 5) is 14.5. The van der Waals surface area contributed by atoms with Crippen molar-refractivity contribution in [2.24, 2.45) is 0 Å². The van der Waals surface area contributed by atoms with Crippen LogP contribution in [0.2, 0.25) is 5.02 Å². The minimum Gasteiger partial charge on any atom is -0.339 e. The van der Waals surface area contributed by atoms with Crippen molar-refractivity contribution >= 4 is 33.2 Å². The molecule has 1 N–H and O–H groups in total. The second kappa shape index (κ2) is 7.45. The van der Waals surface area contributed by atoms with Gasteiger partial charge in [-0.1, -0.05) is 29.8 Å². The van der Waals surface area contributed by atoms with Gasteiger partial charge in [0.15, 0.2) is 0 Å². The summed E-state index contributed by atoms with van der Waals surface area (Å²) in [5.41, 5.74) is 0.718. The summed E-state index contributed by atoms with van der Waals surface area (Å²) >= 11 is 6.24. The topological polar surface area (TPSA) is 66.5 Å². The zero-order chi connectivity index (χ0) is 17.9. The Labute approximate surface area is 152 Å². The Kier molecular flexibility index (Phi) is 5.30. The summed E-state index contributed by atoms with van der Waals surface area (Å²) < 4.78 is 27.2. The Bertz CT molecular complexity index is 863. The monoisotopic (exact) mass is 378 g/mol. The van der Waals surface area contributed by atoms with Crippen LogP contribution in [0.5, 0.6) is 0 Å². The fourth-order valence-corrected chi connectivity index (χ4v) is 4.17. The minimum atomic E-state index is -3.69. The number of piperidine rings is 1. The van der Waals surface area contributed by atoms with Crippen LogP contribution in [-0.2, 0) is 10.0 Å². The van der Waals surface area contributed by atoms with E-state index in [9.17, 15) is 13.2 Å². The van der Waals surface area contributed by atoms with Crippen molar-refractivity contribution in [1.82, 2.24) is 4.90 Å². The number of hydrogen-bond acceptors (Lipinski definition) is 3. The molecule has 0 bridgehead atoms. The number of hydrogen-bond donors (Lipinski definition) is 1. The van der Waals surface area contributed by atoms with Gasteiger partial charge >= 0.3 is 0 Å². The molecule has 5 nitrogen and oxygen atoms in total. The number of carbonyl (C=O) groups is 1. The van der Waals surface area contributed by atoms with E-state index < -0.39 is 10.0 Å². The van der Waals surface area contributed by atoms with Gasteiger partial charge in [0, 0.05) is 13.1 Å². The van der Waals surface area contributed by atoms with Gasteiger partial charge in [0.1, 0.15) is 0 Å². The van der Waals surface area contributed by atoms with Crippen molar-refractivity contribution < 1.29 is 13.2 Å². The summed E-state index contributed by atoms with van der Waals surface area (Å²) in [6, 6.07) is 12.7. The van der Waals surface area contributed by atoms with E-state index in [1.807, 2.05) is 0 Å². The molecule has 25 heavy (non-hydrogen) atoms. The maximum atomic E-state index is 12.5. The molecule has 1 amide bonds. The van der Waals surface area contributed by atoms with E-state index >= 15 is 0 Å². The summed E-state index contributed by atoms with van der Waals surface area (Å²) in [6.45, 7) is 1.47. The number of anilines is 1. The van der Waals surface area contributed by atoms with Crippen molar-refractivity contribution in [3.63, 3.8) is 0 Å². The Hall–Kier alpha value is -2.05. The lowest BCUT2D eigenvalue weighted by Crippen LogP contribution is -2.35. The van der Waals surface area contributed by atoms with Crippen LogP contribution in [0, 0.1) is 0 Å². The lowest BCUT2D eigenvalue weighted by molar-refractivity contribution is 0.0724. The van der Waals surface area contributed by atoms with E-state index in [4.69, 9.17) is 11.6 Å². The highest BCUT2D eigenvalue weighted by molar-refractivity contribution is 7.92. The third-order valence-corrected chi connectivity index (χ3v) is 5.86.